The van der Waals surface area contributed by atoms with E-state index in [2.05, 4.69) is 11.9 Å². The van der Waals surface area contributed by atoms with Crippen molar-refractivity contribution in [2.45, 2.75) is 6.42 Å². The molecule has 5 heteroatoms. The summed E-state index contributed by atoms with van der Waals surface area (Å²) in [5.41, 5.74) is 6.78. The highest BCUT2D eigenvalue weighted by Crippen LogP contribution is 2.22. The van der Waals surface area contributed by atoms with Gasteiger partial charge in [-0.05, 0) is 24.6 Å². The quantitative estimate of drug-likeness (QED) is 0.425. The lowest BCUT2D eigenvalue weighted by Crippen LogP contribution is -2.25. The lowest BCUT2D eigenvalue weighted by Gasteiger charge is -2.09. The van der Waals surface area contributed by atoms with Crippen molar-refractivity contribution >= 4 is 11.6 Å². The molecule has 0 spiro atoms. The monoisotopic (exact) mass is 264 g/mol. The number of anilines is 1. The number of nitrogen functional groups attached to an aromatic ring is 1. The molecule has 0 aromatic heterocycles. The van der Waals surface area contributed by atoms with Gasteiger partial charge in [0, 0.05) is 25.8 Å². The Morgan fingerprint density at radius 3 is 3.00 bits per heavy atom. The second-order valence-electron chi connectivity index (χ2n) is 3.95. The average Bonchev–Trinajstić information content (AvgIpc) is 2.42. The third kappa shape index (κ3) is 5.01. The van der Waals surface area contributed by atoms with E-state index < -0.39 is 0 Å². The van der Waals surface area contributed by atoms with Gasteiger partial charge in [0.25, 0.3) is 5.91 Å². The van der Waals surface area contributed by atoms with Gasteiger partial charge in [0.15, 0.2) is 0 Å². The van der Waals surface area contributed by atoms with E-state index in [0.29, 0.717) is 36.8 Å². The van der Waals surface area contributed by atoms with Crippen molar-refractivity contribution in [3.63, 3.8) is 0 Å². The summed E-state index contributed by atoms with van der Waals surface area (Å²) in [7, 11) is 1.63. The molecule has 0 heterocycles. The number of methoxy groups -OCH3 is 1. The molecule has 104 valence electrons. The Kier molecular flexibility index (Phi) is 6.46. The first-order valence-electron chi connectivity index (χ1n) is 6.09. The maximum atomic E-state index is 11.9. The fourth-order valence-electron chi connectivity index (χ4n) is 1.47. The molecule has 3 N–H and O–H groups in total. The Morgan fingerprint density at radius 1 is 1.53 bits per heavy atom. The number of nitrogens with two attached hydrogens (primary N) is 1. The number of ether oxygens (including phenoxy) is 2. The van der Waals surface area contributed by atoms with Gasteiger partial charge in [-0.2, -0.15) is 0 Å². The van der Waals surface area contributed by atoms with Crippen molar-refractivity contribution in [2.24, 2.45) is 0 Å². The molecule has 19 heavy (non-hydrogen) atoms. The van der Waals surface area contributed by atoms with Gasteiger partial charge < -0.3 is 20.5 Å². The van der Waals surface area contributed by atoms with E-state index in [9.17, 15) is 4.79 Å². The molecule has 0 aliphatic rings. The van der Waals surface area contributed by atoms with Gasteiger partial charge in [0.1, 0.15) is 12.4 Å². The maximum Gasteiger partial charge on any atom is 0.251 e. The molecule has 1 aromatic carbocycles. The summed E-state index contributed by atoms with van der Waals surface area (Å²) in [4.78, 5) is 11.9. The van der Waals surface area contributed by atoms with Gasteiger partial charge in [-0.25, -0.2) is 0 Å². The molecule has 0 aliphatic carbocycles. The first kappa shape index (κ1) is 15.0. The SMILES string of the molecule is C=CCOc1cc(C(=O)NCCCOC)ccc1N. The molecule has 5 nitrogen and oxygen atoms in total. The minimum atomic E-state index is -0.153. The van der Waals surface area contributed by atoms with Gasteiger partial charge in [-0.1, -0.05) is 12.7 Å². The van der Waals surface area contributed by atoms with Gasteiger partial charge in [-0.15, -0.1) is 0 Å². The van der Waals surface area contributed by atoms with Crippen LogP contribution in [0.3, 0.4) is 0 Å². The molecule has 0 saturated carbocycles. The van der Waals surface area contributed by atoms with Crippen LogP contribution in [0.2, 0.25) is 0 Å². The largest absolute Gasteiger partial charge is 0.487 e. The molecule has 1 aromatic rings. The second-order valence-corrected chi connectivity index (χ2v) is 3.95. The predicted octanol–water partition coefficient (Wildman–Crippen LogP) is 1.60. The van der Waals surface area contributed by atoms with Crippen LogP contribution in [0.15, 0.2) is 30.9 Å². The number of rotatable bonds is 8. The summed E-state index contributed by atoms with van der Waals surface area (Å²) in [5, 5.41) is 2.80. The zero-order chi connectivity index (χ0) is 14.1. The number of carbonyl (C=O) groups excluding carboxylic acids is 1. The maximum absolute atomic E-state index is 11.9. The van der Waals surface area contributed by atoms with Crippen molar-refractivity contribution < 1.29 is 14.3 Å². The Morgan fingerprint density at radius 2 is 2.32 bits per heavy atom. The second kappa shape index (κ2) is 8.16. The molecule has 0 atom stereocenters. The van der Waals surface area contributed by atoms with E-state index in [4.69, 9.17) is 15.2 Å². The highest BCUT2D eigenvalue weighted by molar-refractivity contribution is 5.95. The van der Waals surface area contributed by atoms with Crippen molar-refractivity contribution in [2.75, 3.05) is 32.6 Å². The third-order valence-electron chi connectivity index (χ3n) is 2.44. The predicted molar refractivity (Wildman–Crippen MR) is 75.4 cm³/mol. The molecule has 0 radical (unpaired) electrons. The van der Waals surface area contributed by atoms with E-state index in [1.165, 1.54) is 0 Å². The molecule has 1 rings (SSSR count). The van der Waals surface area contributed by atoms with Crippen LogP contribution >= 0.6 is 0 Å². The number of carbonyl (C=O) groups is 1. The lowest BCUT2D eigenvalue weighted by molar-refractivity contribution is 0.0948. The number of benzene rings is 1. The summed E-state index contributed by atoms with van der Waals surface area (Å²) >= 11 is 0. The topological polar surface area (TPSA) is 73.6 Å². The van der Waals surface area contributed by atoms with Crippen LogP contribution in [0.1, 0.15) is 16.8 Å². The van der Waals surface area contributed by atoms with Crippen LogP contribution in [-0.4, -0.2) is 32.8 Å². The van der Waals surface area contributed by atoms with Crippen molar-refractivity contribution in [1.29, 1.82) is 0 Å². The zero-order valence-electron chi connectivity index (χ0n) is 11.1. The van der Waals surface area contributed by atoms with Crippen LogP contribution in [0.25, 0.3) is 0 Å². The number of nitrogens with one attached hydrogen (secondary N) is 1. The fraction of sp³-hybridized carbons (Fsp3) is 0.357. The highest BCUT2D eigenvalue weighted by atomic mass is 16.5. The van der Waals surface area contributed by atoms with Gasteiger partial charge in [0.2, 0.25) is 0 Å². The van der Waals surface area contributed by atoms with Crippen LogP contribution in [-0.2, 0) is 4.74 Å². The van der Waals surface area contributed by atoms with Crippen LogP contribution in [0, 0.1) is 0 Å². The molecular weight excluding hydrogens is 244 g/mol. The minimum absolute atomic E-state index is 0.153. The summed E-state index contributed by atoms with van der Waals surface area (Å²) < 4.78 is 10.3. The fourth-order valence-corrected chi connectivity index (χ4v) is 1.47. The molecule has 0 unspecified atom stereocenters. The van der Waals surface area contributed by atoms with E-state index in [-0.39, 0.29) is 5.91 Å². The lowest BCUT2D eigenvalue weighted by atomic mass is 10.1. The molecular formula is C14H20N2O3. The normalized spacial score (nSPS) is 9.95. The van der Waals surface area contributed by atoms with Crippen LogP contribution in [0.4, 0.5) is 5.69 Å². The van der Waals surface area contributed by atoms with Crippen LogP contribution in [0.5, 0.6) is 5.75 Å². The standard InChI is InChI=1S/C14H20N2O3/c1-3-8-19-13-10-11(5-6-12(13)15)14(17)16-7-4-9-18-2/h3,5-6,10H,1,4,7-9,15H2,2H3,(H,16,17). The van der Waals surface area contributed by atoms with E-state index in [1.54, 1.807) is 31.4 Å². The molecule has 0 bridgehead atoms. The highest BCUT2D eigenvalue weighted by Gasteiger charge is 2.08. The Labute approximate surface area is 113 Å². The summed E-state index contributed by atoms with van der Waals surface area (Å²) in [5.74, 6) is 0.337. The summed E-state index contributed by atoms with van der Waals surface area (Å²) in [6, 6.07) is 4.95. The number of hydrogen-bond donors (Lipinski definition) is 2. The molecule has 0 aliphatic heterocycles. The number of hydrogen-bond acceptors (Lipinski definition) is 4. The molecule has 0 fully saturated rings. The summed E-state index contributed by atoms with van der Waals surface area (Å²) in [6.45, 7) is 5.10. The van der Waals surface area contributed by atoms with Gasteiger partial charge in [-0.3, -0.25) is 4.79 Å². The molecule has 0 saturated heterocycles. The van der Waals surface area contributed by atoms with Gasteiger partial charge >= 0.3 is 0 Å². The van der Waals surface area contributed by atoms with E-state index in [1.807, 2.05) is 0 Å². The van der Waals surface area contributed by atoms with Crippen molar-refractivity contribution in [1.82, 2.24) is 5.32 Å². The van der Waals surface area contributed by atoms with Crippen molar-refractivity contribution in [3.8, 4) is 5.75 Å². The molecule has 1 amide bonds. The Hall–Kier alpha value is -2.01. The average molecular weight is 264 g/mol. The summed E-state index contributed by atoms with van der Waals surface area (Å²) in [6.07, 6.45) is 2.40. The van der Waals surface area contributed by atoms with E-state index in [0.717, 1.165) is 6.42 Å². The zero-order valence-corrected chi connectivity index (χ0v) is 11.1. The van der Waals surface area contributed by atoms with Crippen molar-refractivity contribution in [3.05, 3.63) is 36.4 Å². The van der Waals surface area contributed by atoms with Crippen LogP contribution < -0.4 is 15.8 Å². The smallest absolute Gasteiger partial charge is 0.251 e. The Bertz CT molecular complexity index is 433. The first-order valence-corrected chi connectivity index (χ1v) is 6.09. The minimum Gasteiger partial charge on any atom is -0.487 e. The number of amides is 1. The third-order valence-corrected chi connectivity index (χ3v) is 2.44. The van der Waals surface area contributed by atoms with Gasteiger partial charge in [0.05, 0.1) is 5.69 Å². The Balaban J connectivity index is 2.61. The van der Waals surface area contributed by atoms with E-state index >= 15 is 0 Å². The first-order chi connectivity index (χ1) is 9.19.